The number of aromatic nitrogens is 2. The Kier molecular flexibility index (Phi) is 4.00. The Morgan fingerprint density at radius 3 is 2.89 bits per heavy atom. The van der Waals surface area contributed by atoms with Crippen molar-refractivity contribution in [2.24, 2.45) is 5.73 Å². The van der Waals surface area contributed by atoms with Crippen molar-refractivity contribution < 1.29 is 8.42 Å². The number of nitrogens with two attached hydrogens (primary N) is 1. The normalized spacial score (nSPS) is 17.9. The second-order valence-corrected chi connectivity index (χ2v) is 7.48. The first-order chi connectivity index (χ1) is 8.51. The van der Waals surface area contributed by atoms with Crippen LogP contribution < -0.4 is 10.5 Å². The molecule has 0 aliphatic heterocycles. The molecule has 0 bridgehead atoms. The molecule has 0 radical (unpaired) electrons. The second kappa shape index (κ2) is 5.20. The van der Waals surface area contributed by atoms with Crippen LogP contribution in [0.15, 0.2) is 17.3 Å². The van der Waals surface area contributed by atoms with E-state index in [1.54, 1.807) is 11.8 Å². The van der Waals surface area contributed by atoms with Gasteiger partial charge in [-0.15, -0.1) is 0 Å². The standard InChI is InChI=1S/C10H18N4O2S2/c1-17-10(2-3-10)8-13-18(15,16)9-6-12-14(7-9)5-4-11/h6-7,13H,2-5,8,11H2,1H3. The Labute approximate surface area is 111 Å². The molecule has 3 N–H and O–H groups in total. The lowest BCUT2D eigenvalue weighted by molar-refractivity contribution is 0.578. The Balaban J connectivity index is 2.01. The molecule has 0 unspecified atom stereocenters. The van der Waals surface area contributed by atoms with Gasteiger partial charge in [0, 0.05) is 24.0 Å². The molecule has 1 fully saturated rings. The summed E-state index contributed by atoms with van der Waals surface area (Å²) in [7, 11) is -3.45. The van der Waals surface area contributed by atoms with Gasteiger partial charge in [-0.05, 0) is 19.1 Å². The first kappa shape index (κ1) is 13.9. The largest absolute Gasteiger partial charge is 0.329 e. The zero-order valence-corrected chi connectivity index (χ0v) is 11.9. The molecule has 0 spiro atoms. The molecule has 102 valence electrons. The highest BCUT2D eigenvalue weighted by Gasteiger charge is 2.42. The van der Waals surface area contributed by atoms with Gasteiger partial charge in [-0.3, -0.25) is 4.68 Å². The third-order valence-corrected chi connectivity index (χ3v) is 5.88. The summed E-state index contributed by atoms with van der Waals surface area (Å²) >= 11 is 1.72. The van der Waals surface area contributed by atoms with Crippen molar-refractivity contribution in [3.05, 3.63) is 12.4 Å². The quantitative estimate of drug-likeness (QED) is 0.738. The van der Waals surface area contributed by atoms with Crippen molar-refractivity contribution in [2.75, 3.05) is 19.3 Å². The van der Waals surface area contributed by atoms with Crippen molar-refractivity contribution in [3.8, 4) is 0 Å². The Morgan fingerprint density at radius 2 is 2.33 bits per heavy atom. The molecule has 0 amide bonds. The molecular formula is C10H18N4O2S2. The van der Waals surface area contributed by atoms with Crippen LogP contribution in [0.2, 0.25) is 0 Å². The number of nitrogens with one attached hydrogen (secondary N) is 1. The molecule has 18 heavy (non-hydrogen) atoms. The molecule has 0 aromatic carbocycles. The van der Waals surface area contributed by atoms with E-state index in [4.69, 9.17) is 5.73 Å². The monoisotopic (exact) mass is 290 g/mol. The highest BCUT2D eigenvalue weighted by atomic mass is 32.2. The van der Waals surface area contributed by atoms with Crippen molar-refractivity contribution in [3.63, 3.8) is 0 Å². The van der Waals surface area contributed by atoms with Gasteiger partial charge in [-0.2, -0.15) is 16.9 Å². The van der Waals surface area contributed by atoms with Gasteiger partial charge in [0.15, 0.2) is 0 Å². The molecule has 1 aliphatic carbocycles. The summed E-state index contributed by atoms with van der Waals surface area (Å²) in [5.41, 5.74) is 5.39. The second-order valence-electron chi connectivity index (χ2n) is 4.44. The lowest BCUT2D eigenvalue weighted by Gasteiger charge is -2.12. The number of hydrogen-bond donors (Lipinski definition) is 2. The van der Waals surface area contributed by atoms with Crippen LogP contribution >= 0.6 is 11.8 Å². The van der Waals surface area contributed by atoms with Crippen molar-refractivity contribution in [1.29, 1.82) is 0 Å². The molecule has 1 aromatic rings. The number of rotatable bonds is 7. The van der Waals surface area contributed by atoms with Crippen molar-refractivity contribution >= 4 is 21.8 Å². The van der Waals surface area contributed by atoms with Crippen molar-refractivity contribution in [1.82, 2.24) is 14.5 Å². The fourth-order valence-corrected chi connectivity index (χ4v) is 3.54. The van der Waals surface area contributed by atoms with E-state index in [1.807, 2.05) is 6.26 Å². The fraction of sp³-hybridized carbons (Fsp3) is 0.700. The van der Waals surface area contributed by atoms with Crippen LogP contribution in [-0.4, -0.2) is 42.3 Å². The van der Waals surface area contributed by atoms with E-state index in [2.05, 4.69) is 9.82 Å². The topological polar surface area (TPSA) is 90.0 Å². The van der Waals surface area contributed by atoms with Crippen LogP contribution in [0, 0.1) is 0 Å². The van der Waals surface area contributed by atoms with Crippen LogP contribution in [0.25, 0.3) is 0 Å². The summed E-state index contributed by atoms with van der Waals surface area (Å²) in [5, 5.41) is 3.96. The van der Waals surface area contributed by atoms with Crippen LogP contribution in [0.4, 0.5) is 0 Å². The van der Waals surface area contributed by atoms with E-state index in [-0.39, 0.29) is 9.64 Å². The van der Waals surface area contributed by atoms with Crippen LogP contribution in [-0.2, 0) is 16.6 Å². The SMILES string of the molecule is CSC1(CNS(=O)(=O)c2cnn(CCN)c2)CC1. The molecule has 0 atom stereocenters. The third kappa shape index (κ3) is 3.05. The van der Waals surface area contributed by atoms with Gasteiger partial charge in [0.25, 0.3) is 0 Å². The first-order valence-electron chi connectivity index (χ1n) is 5.79. The van der Waals surface area contributed by atoms with Gasteiger partial charge in [-0.1, -0.05) is 0 Å². The predicted molar refractivity (Wildman–Crippen MR) is 71.9 cm³/mol. The summed E-state index contributed by atoms with van der Waals surface area (Å²) in [6.45, 7) is 1.44. The molecule has 0 saturated heterocycles. The predicted octanol–water partition coefficient (Wildman–Crippen LogP) is 0.0157. The van der Waals surface area contributed by atoms with Gasteiger partial charge in [0.2, 0.25) is 10.0 Å². The maximum atomic E-state index is 12.0. The summed E-state index contributed by atoms with van der Waals surface area (Å²) < 4.78 is 28.4. The zero-order valence-electron chi connectivity index (χ0n) is 10.3. The van der Waals surface area contributed by atoms with Gasteiger partial charge in [0.1, 0.15) is 4.90 Å². The molecule has 6 nitrogen and oxygen atoms in total. The molecule has 8 heteroatoms. The molecule has 1 aromatic heterocycles. The molecular weight excluding hydrogens is 272 g/mol. The molecule has 1 aliphatic rings. The fourth-order valence-electron chi connectivity index (χ4n) is 1.64. The number of hydrogen-bond acceptors (Lipinski definition) is 5. The van der Waals surface area contributed by atoms with Crippen LogP contribution in [0.1, 0.15) is 12.8 Å². The minimum absolute atomic E-state index is 0.111. The maximum absolute atomic E-state index is 12.0. The summed E-state index contributed by atoms with van der Waals surface area (Å²) in [6.07, 6.45) is 7.03. The first-order valence-corrected chi connectivity index (χ1v) is 8.49. The Hall–Kier alpha value is -0.570. The van der Waals surface area contributed by atoms with Crippen LogP contribution in [0.3, 0.4) is 0 Å². The number of nitrogens with zero attached hydrogens (tertiary/aromatic N) is 2. The smallest absolute Gasteiger partial charge is 0.243 e. The minimum Gasteiger partial charge on any atom is -0.329 e. The lowest BCUT2D eigenvalue weighted by Crippen LogP contribution is -2.31. The molecule has 2 rings (SSSR count). The van der Waals surface area contributed by atoms with Gasteiger partial charge < -0.3 is 5.73 Å². The number of thioether (sulfide) groups is 1. The van der Waals surface area contributed by atoms with E-state index >= 15 is 0 Å². The van der Waals surface area contributed by atoms with E-state index in [9.17, 15) is 8.42 Å². The summed E-state index contributed by atoms with van der Waals surface area (Å²) in [5.74, 6) is 0. The average Bonchev–Trinajstić information content (AvgIpc) is 2.98. The van der Waals surface area contributed by atoms with Gasteiger partial charge in [-0.25, -0.2) is 13.1 Å². The number of sulfonamides is 1. The van der Waals surface area contributed by atoms with Gasteiger partial charge >= 0.3 is 0 Å². The van der Waals surface area contributed by atoms with E-state index in [0.717, 1.165) is 12.8 Å². The Morgan fingerprint density at radius 1 is 1.61 bits per heavy atom. The van der Waals surface area contributed by atoms with E-state index < -0.39 is 10.0 Å². The Bertz CT molecular complexity index is 508. The third-order valence-electron chi connectivity index (χ3n) is 3.10. The van der Waals surface area contributed by atoms with E-state index in [1.165, 1.54) is 17.1 Å². The lowest BCUT2D eigenvalue weighted by atomic mass is 10.4. The van der Waals surface area contributed by atoms with Crippen LogP contribution in [0.5, 0.6) is 0 Å². The zero-order chi connectivity index (χ0) is 13.2. The van der Waals surface area contributed by atoms with Crippen molar-refractivity contribution in [2.45, 2.75) is 29.0 Å². The minimum atomic E-state index is -3.45. The average molecular weight is 290 g/mol. The molecule has 1 saturated carbocycles. The summed E-state index contributed by atoms with van der Waals surface area (Å²) in [4.78, 5) is 0.202. The maximum Gasteiger partial charge on any atom is 0.243 e. The van der Waals surface area contributed by atoms with Gasteiger partial charge in [0.05, 0.1) is 12.7 Å². The molecule has 1 heterocycles. The highest BCUT2D eigenvalue weighted by molar-refractivity contribution is 8.00. The van der Waals surface area contributed by atoms with E-state index in [0.29, 0.717) is 19.6 Å². The summed E-state index contributed by atoms with van der Waals surface area (Å²) in [6, 6.07) is 0. The highest BCUT2D eigenvalue weighted by Crippen LogP contribution is 2.46.